The molecular formula is C9H16INO. The predicted molar refractivity (Wildman–Crippen MR) is 57.8 cm³/mol. The summed E-state index contributed by atoms with van der Waals surface area (Å²) in [7, 11) is 0. The molecule has 1 spiro atoms. The molecule has 0 aromatic heterocycles. The van der Waals surface area contributed by atoms with E-state index in [1.54, 1.807) is 0 Å². The lowest BCUT2D eigenvalue weighted by atomic mass is 9.79. The molecule has 1 N–H and O–H groups in total. The van der Waals surface area contributed by atoms with E-state index in [0.29, 0.717) is 11.5 Å². The van der Waals surface area contributed by atoms with Crippen LogP contribution in [0.15, 0.2) is 0 Å². The summed E-state index contributed by atoms with van der Waals surface area (Å²) in [4.78, 5) is 0. The lowest BCUT2D eigenvalue weighted by molar-refractivity contribution is 0.100. The van der Waals surface area contributed by atoms with Crippen molar-refractivity contribution in [2.24, 2.45) is 5.41 Å². The second kappa shape index (κ2) is 3.80. The van der Waals surface area contributed by atoms with Crippen molar-refractivity contribution in [3.05, 3.63) is 0 Å². The normalized spacial score (nSPS) is 42.2. The zero-order valence-corrected chi connectivity index (χ0v) is 9.47. The highest BCUT2D eigenvalue weighted by Crippen LogP contribution is 2.38. The van der Waals surface area contributed by atoms with E-state index in [4.69, 9.17) is 4.74 Å². The lowest BCUT2D eigenvalue weighted by Gasteiger charge is -2.32. The quantitative estimate of drug-likeness (QED) is 0.582. The van der Waals surface area contributed by atoms with Gasteiger partial charge in [-0.05, 0) is 25.8 Å². The number of piperidine rings is 1. The molecule has 2 heterocycles. The van der Waals surface area contributed by atoms with Gasteiger partial charge in [-0.1, -0.05) is 22.6 Å². The minimum atomic E-state index is 0.508. The maximum Gasteiger partial charge on any atom is 0.0671 e. The Kier molecular flexibility index (Phi) is 2.92. The van der Waals surface area contributed by atoms with Crippen LogP contribution in [0.25, 0.3) is 0 Å². The Labute approximate surface area is 87.6 Å². The molecule has 0 aromatic rings. The third-order valence-electron chi connectivity index (χ3n) is 3.02. The minimum absolute atomic E-state index is 0.508. The van der Waals surface area contributed by atoms with Gasteiger partial charge in [0, 0.05) is 16.4 Å². The molecule has 2 nitrogen and oxygen atoms in total. The van der Waals surface area contributed by atoms with Gasteiger partial charge in [0.25, 0.3) is 0 Å². The molecule has 3 heteroatoms. The van der Waals surface area contributed by atoms with E-state index >= 15 is 0 Å². The van der Waals surface area contributed by atoms with Gasteiger partial charge in [0.15, 0.2) is 0 Å². The molecule has 0 saturated carbocycles. The van der Waals surface area contributed by atoms with Crippen molar-refractivity contribution in [2.75, 3.05) is 24.1 Å². The fraction of sp³-hybridized carbons (Fsp3) is 1.00. The molecule has 2 saturated heterocycles. The summed E-state index contributed by atoms with van der Waals surface area (Å²) >= 11 is 2.42. The number of nitrogens with one attached hydrogen (secondary N) is 1. The highest BCUT2D eigenvalue weighted by Gasteiger charge is 2.40. The van der Waals surface area contributed by atoms with Crippen LogP contribution in [0.1, 0.15) is 19.3 Å². The van der Waals surface area contributed by atoms with Crippen LogP contribution in [-0.2, 0) is 4.74 Å². The molecule has 12 heavy (non-hydrogen) atoms. The van der Waals surface area contributed by atoms with E-state index in [2.05, 4.69) is 27.9 Å². The fourth-order valence-electron chi connectivity index (χ4n) is 2.32. The van der Waals surface area contributed by atoms with Gasteiger partial charge < -0.3 is 10.1 Å². The molecule has 70 valence electrons. The average Bonchev–Trinajstić information content (AvgIpc) is 2.50. The molecule has 2 atom stereocenters. The van der Waals surface area contributed by atoms with E-state index < -0.39 is 0 Å². The number of hydrogen-bond donors (Lipinski definition) is 1. The van der Waals surface area contributed by atoms with Crippen molar-refractivity contribution in [3.63, 3.8) is 0 Å². The molecule has 2 fully saturated rings. The van der Waals surface area contributed by atoms with E-state index in [9.17, 15) is 0 Å². The number of hydrogen-bond acceptors (Lipinski definition) is 2. The summed E-state index contributed by atoms with van der Waals surface area (Å²) in [6.07, 6.45) is 4.51. The Morgan fingerprint density at radius 3 is 3.08 bits per heavy atom. The molecule has 0 amide bonds. The molecular weight excluding hydrogens is 265 g/mol. The second-order valence-corrected chi connectivity index (χ2v) is 4.95. The van der Waals surface area contributed by atoms with Crippen LogP contribution in [0.5, 0.6) is 0 Å². The van der Waals surface area contributed by atoms with Crippen LogP contribution >= 0.6 is 22.6 Å². The molecule has 0 aromatic carbocycles. The Hall–Kier alpha value is 0.650. The predicted octanol–water partition coefficient (Wildman–Crippen LogP) is 1.58. The summed E-state index contributed by atoms with van der Waals surface area (Å²) < 4.78 is 6.90. The van der Waals surface area contributed by atoms with Crippen molar-refractivity contribution < 1.29 is 4.74 Å². The highest BCUT2D eigenvalue weighted by molar-refractivity contribution is 14.1. The molecule has 2 aliphatic rings. The van der Waals surface area contributed by atoms with Crippen molar-refractivity contribution in [2.45, 2.75) is 25.4 Å². The Morgan fingerprint density at radius 2 is 2.50 bits per heavy atom. The van der Waals surface area contributed by atoms with Gasteiger partial charge in [0.1, 0.15) is 0 Å². The van der Waals surface area contributed by atoms with Crippen LogP contribution in [0, 0.1) is 5.41 Å². The van der Waals surface area contributed by atoms with Crippen molar-refractivity contribution >= 4 is 22.6 Å². The topological polar surface area (TPSA) is 21.3 Å². The highest BCUT2D eigenvalue weighted by atomic mass is 127. The molecule has 0 unspecified atom stereocenters. The first-order chi connectivity index (χ1) is 5.85. The van der Waals surface area contributed by atoms with E-state index in [1.807, 2.05) is 0 Å². The molecule has 2 aliphatic heterocycles. The number of rotatable bonds is 1. The Balaban J connectivity index is 1.94. The van der Waals surface area contributed by atoms with Gasteiger partial charge >= 0.3 is 0 Å². The van der Waals surface area contributed by atoms with E-state index in [-0.39, 0.29) is 0 Å². The van der Waals surface area contributed by atoms with Crippen LogP contribution < -0.4 is 5.32 Å². The fourth-order valence-corrected chi connectivity index (χ4v) is 2.89. The maximum atomic E-state index is 5.75. The number of halogens is 1. The standard InChI is InChI=1S/C9H16INO/c10-5-8-4-9(7-12-8)2-1-3-11-6-9/h8,11H,1-7H2/t8-,9-/m1/s1. The Bertz CT molecular complexity index is 157. The van der Waals surface area contributed by atoms with E-state index in [0.717, 1.165) is 11.0 Å². The van der Waals surface area contributed by atoms with Crippen molar-refractivity contribution in [1.82, 2.24) is 5.32 Å². The van der Waals surface area contributed by atoms with Crippen LogP contribution in [-0.4, -0.2) is 30.2 Å². The maximum absolute atomic E-state index is 5.75. The first kappa shape index (κ1) is 9.21. The van der Waals surface area contributed by atoms with E-state index in [1.165, 1.54) is 32.4 Å². The van der Waals surface area contributed by atoms with Crippen LogP contribution in [0.4, 0.5) is 0 Å². The number of ether oxygens (including phenoxy) is 1. The van der Waals surface area contributed by atoms with Gasteiger partial charge in [0.05, 0.1) is 12.7 Å². The molecule has 0 radical (unpaired) electrons. The third-order valence-corrected chi connectivity index (χ3v) is 4.00. The monoisotopic (exact) mass is 281 g/mol. The first-order valence-electron chi connectivity index (χ1n) is 4.73. The second-order valence-electron chi connectivity index (χ2n) is 4.07. The molecule has 2 rings (SSSR count). The Morgan fingerprint density at radius 1 is 1.58 bits per heavy atom. The minimum Gasteiger partial charge on any atom is -0.377 e. The zero-order valence-electron chi connectivity index (χ0n) is 7.31. The lowest BCUT2D eigenvalue weighted by Crippen LogP contribution is -2.40. The molecule has 0 bridgehead atoms. The largest absolute Gasteiger partial charge is 0.377 e. The van der Waals surface area contributed by atoms with Crippen molar-refractivity contribution in [3.8, 4) is 0 Å². The van der Waals surface area contributed by atoms with Gasteiger partial charge in [0.2, 0.25) is 0 Å². The third kappa shape index (κ3) is 1.77. The van der Waals surface area contributed by atoms with Gasteiger partial charge in [-0.3, -0.25) is 0 Å². The zero-order chi connectivity index (χ0) is 8.44. The first-order valence-corrected chi connectivity index (χ1v) is 6.26. The van der Waals surface area contributed by atoms with Gasteiger partial charge in [-0.15, -0.1) is 0 Å². The van der Waals surface area contributed by atoms with Crippen LogP contribution in [0.3, 0.4) is 0 Å². The SMILES string of the molecule is IC[C@H]1C[C@@]2(CCCNC2)CO1. The average molecular weight is 281 g/mol. The number of alkyl halides is 1. The summed E-state index contributed by atoms with van der Waals surface area (Å²) in [5, 5.41) is 3.48. The summed E-state index contributed by atoms with van der Waals surface area (Å²) in [6.45, 7) is 3.38. The smallest absolute Gasteiger partial charge is 0.0671 e. The summed E-state index contributed by atoms with van der Waals surface area (Å²) in [5.41, 5.74) is 0.508. The van der Waals surface area contributed by atoms with Gasteiger partial charge in [-0.2, -0.15) is 0 Å². The van der Waals surface area contributed by atoms with Crippen molar-refractivity contribution in [1.29, 1.82) is 0 Å². The summed E-state index contributed by atoms with van der Waals surface area (Å²) in [6, 6.07) is 0. The van der Waals surface area contributed by atoms with Gasteiger partial charge in [-0.25, -0.2) is 0 Å². The van der Waals surface area contributed by atoms with Crippen LogP contribution in [0.2, 0.25) is 0 Å². The summed E-state index contributed by atoms with van der Waals surface area (Å²) in [5.74, 6) is 0. The molecule has 0 aliphatic carbocycles.